The van der Waals surface area contributed by atoms with Crippen molar-refractivity contribution in [1.82, 2.24) is 14.8 Å². The Kier molecular flexibility index (Phi) is 4.85. The van der Waals surface area contributed by atoms with Crippen molar-refractivity contribution < 1.29 is 12.8 Å². The van der Waals surface area contributed by atoms with Crippen molar-refractivity contribution in [2.45, 2.75) is 30.6 Å². The van der Waals surface area contributed by atoms with Gasteiger partial charge in [-0.25, -0.2) is 8.42 Å². The Morgan fingerprint density at radius 2 is 1.88 bits per heavy atom. The summed E-state index contributed by atoms with van der Waals surface area (Å²) in [5.41, 5.74) is 2.27. The lowest BCUT2D eigenvalue weighted by Crippen LogP contribution is -2.15. The van der Waals surface area contributed by atoms with Gasteiger partial charge in [0, 0.05) is 35.9 Å². The third-order valence-corrected chi connectivity index (χ3v) is 6.52. The third kappa shape index (κ3) is 3.24. The Bertz CT molecular complexity index is 1070. The van der Waals surface area contributed by atoms with E-state index in [1.807, 2.05) is 36.9 Å². The minimum Gasteiger partial charge on any atom is -0.421 e. The van der Waals surface area contributed by atoms with Gasteiger partial charge in [0.25, 0.3) is 15.9 Å². The second-order valence-electron chi connectivity index (χ2n) is 5.90. The van der Waals surface area contributed by atoms with Crippen LogP contribution in [0.5, 0.6) is 0 Å². The van der Waals surface area contributed by atoms with Crippen LogP contribution >= 0.6 is 11.8 Å². The summed E-state index contributed by atoms with van der Waals surface area (Å²) < 4.78 is 36.3. The van der Waals surface area contributed by atoms with Crippen LogP contribution in [0.15, 0.2) is 38.5 Å². The van der Waals surface area contributed by atoms with Gasteiger partial charge in [-0.3, -0.25) is 4.72 Å². The molecule has 0 atom stereocenters. The van der Waals surface area contributed by atoms with Crippen LogP contribution in [0.2, 0.25) is 0 Å². The Morgan fingerprint density at radius 1 is 1.15 bits per heavy atom. The smallest absolute Gasteiger partial charge is 0.264 e. The van der Waals surface area contributed by atoms with Crippen LogP contribution in [-0.4, -0.2) is 29.4 Å². The molecule has 0 bridgehead atoms. The molecule has 7 nitrogen and oxygen atoms in total. The molecule has 3 aromatic rings. The van der Waals surface area contributed by atoms with Crippen LogP contribution in [0.25, 0.3) is 11.5 Å². The lowest BCUT2D eigenvalue weighted by atomic mass is 10.2. The number of anilines is 1. The first-order valence-electron chi connectivity index (χ1n) is 7.88. The second kappa shape index (κ2) is 6.81. The molecule has 3 rings (SSSR count). The van der Waals surface area contributed by atoms with Crippen LogP contribution in [0, 0.1) is 20.8 Å². The van der Waals surface area contributed by atoms with Crippen molar-refractivity contribution in [2.75, 3.05) is 11.0 Å². The first-order chi connectivity index (χ1) is 12.2. The molecule has 0 aliphatic carbocycles. The molecule has 138 valence electrons. The molecule has 9 heteroatoms. The van der Waals surface area contributed by atoms with E-state index in [0.717, 1.165) is 10.6 Å². The number of thioether (sulfide) groups is 1. The molecule has 0 fully saturated rings. The highest BCUT2D eigenvalue weighted by Gasteiger charge is 2.30. The van der Waals surface area contributed by atoms with Gasteiger partial charge in [0.05, 0.1) is 5.56 Å². The molecule has 0 amide bonds. The molecule has 26 heavy (non-hydrogen) atoms. The van der Waals surface area contributed by atoms with E-state index in [4.69, 9.17) is 4.42 Å². The van der Waals surface area contributed by atoms with Crippen LogP contribution in [-0.2, 0) is 17.1 Å². The van der Waals surface area contributed by atoms with E-state index >= 15 is 0 Å². The fourth-order valence-corrected chi connectivity index (χ4v) is 4.82. The molecular formula is C17H20N4O3S2. The zero-order valence-corrected chi connectivity index (χ0v) is 16.8. The summed E-state index contributed by atoms with van der Waals surface area (Å²) in [6, 6.07) is 7.25. The lowest BCUT2D eigenvalue weighted by molar-refractivity contribution is 0.530. The highest BCUT2D eigenvalue weighted by molar-refractivity contribution is 7.98. The molecule has 0 saturated carbocycles. The topological polar surface area (TPSA) is 90.0 Å². The van der Waals surface area contributed by atoms with Crippen molar-refractivity contribution in [3.8, 4) is 11.5 Å². The fraction of sp³-hybridized carbons (Fsp3) is 0.294. The Labute approximate surface area is 156 Å². The largest absolute Gasteiger partial charge is 0.421 e. The summed E-state index contributed by atoms with van der Waals surface area (Å²) in [6.45, 7) is 5.25. The summed E-state index contributed by atoms with van der Waals surface area (Å²) in [4.78, 5) is 1.12. The number of hydrogen-bond acceptors (Lipinski definition) is 6. The van der Waals surface area contributed by atoms with Gasteiger partial charge >= 0.3 is 0 Å². The average molecular weight is 393 g/mol. The highest BCUT2D eigenvalue weighted by atomic mass is 32.2. The van der Waals surface area contributed by atoms with Gasteiger partial charge in [0.2, 0.25) is 5.89 Å². The van der Waals surface area contributed by atoms with Crippen LogP contribution in [0.4, 0.5) is 5.69 Å². The number of benzene rings is 1. The minimum atomic E-state index is -3.85. The minimum absolute atomic E-state index is 0.149. The number of sulfonamides is 1. The van der Waals surface area contributed by atoms with Crippen LogP contribution in [0.3, 0.4) is 0 Å². The third-order valence-electron chi connectivity index (χ3n) is 4.25. The summed E-state index contributed by atoms with van der Waals surface area (Å²) in [5, 5.41) is 7.84. The van der Waals surface area contributed by atoms with Gasteiger partial charge in [-0.1, -0.05) is 6.07 Å². The quantitative estimate of drug-likeness (QED) is 0.668. The zero-order valence-electron chi connectivity index (χ0n) is 15.2. The van der Waals surface area contributed by atoms with Crippen molar-refractivity contribution in [3.05, 3.63) is 41.5 Å². The maximum Gasteiger partial charge on any atom is 0.264 e. The van der Waals surface area contributed by atoms with E-state index in [1.165, 1.54) is 0 Å². The van der Waals surface area contributed by atoms with E-state index < -0.39 is 10.0 Å². The molecular weight excluding hydrogens is 372 g/mol. The SMILES string of the molecule is CSc1cccc(NS(=O)(=O)c2c(-c3nnc(C)o3)c(C)n(C)c2C)c1. The van der Waals surface area contributed by atoms with E-state index in [2.05, 4.69) is 14.9 Å². The summed E-state index contributed by atoms with van der Waals surface area (Å²) in [7, 11) is -2.04. The molecule has 0 unspecified atom stereocenters. The molecule has 0 spiro atoms. The molecule has 0 aliphatic heterocycles. The Balaban J connectivity index is 2.14. The van der Waals surface area contributed by atoms with Gasteiger partial charge in [-0.2, -0.15) is 0 Å². The zero-order chi connectivity index (χ0) is 19.1. The van der Waals surface area contributed by atoms with E-state index in [-0.39, 0.29) is 10.8 Å². The normalized spacial score (nSPS) is 11.7. The summed E-state index contributed by atoms with van der Waals surface area (Å²) >= 11 is 1.55. The standard InChI is InChI=1S/C17H20N4O3S2/c1-10-15(17-19-18-12(3)24-17)16(11(2)21(10)4)26(22,23)20-13-7-6-8-14(9-13)25-5/h6-9,20H,1-5H3. The molecule has 0 saturated heterocycles. The number of nitrogens with zero attached hydrogens (tertiary/aromatic N) is 3. The second-order valence-corrected chi connectivity index (χ2v) is 8.40. The first-order valence-corrected chi connectivity index (χ1v) is 10.6. The van der Waals surface area contributed by atoms with Crippen molar-refractivity contribution in [2.24, 2.45) is 7.05 Å². The predicted molar refractivity (Wildman–Crippen MR) is 102 cm³/mol. The van der Waals surface area contributed by atoms with Crippen LogP contribution in [0.1, 0.15) is 17.3 Å². The Morgan fingerprint density at radius 3 is 2.50 bits per heavy atom. The van der Waals surface area contributed by atoms with Gasteiger partial charge < -0.3 is 8.98 Å². The van der Waals surface area contributed by atoms with Gasteiger partial charge in [-0.05, 0) is 38.3 Å². The predicted octanol–water partition coefficient (Wildman–Crippen LogP) is 3.52. The van der Waals surface area contributed by atoms with Gasteiger partial charge in [-0.15, -0.1) is 22.0 Å². The number of nitrogens with one attached hydrogen (secondary N) is 1. The highest BCUT2D eigenvalue weighted by Crippen LogP contribution is 2.35. The molecule has 2 aromatic heterocycles. The Hall–Kier alpha value is -2.26. The number of aromatic nitrogens is 3. The monoisotopic (exact) mass is 392 g/mol. The van der Waals surface area contributed by atoms with Crippen molar-refractivity contribution in [1.29, 1.82) is 0 Å². The number of aryl methyl sites for hydroxylation is 1. The lowest BCUT2D eigenvalue weighted by Gasteiger charge is -2.10. The molecule has 1 N–H and O–H groups in total. The molecule has 2 heterocycles. The van der Waals surface area contributed by atoms with E-state index in [9.17, 15) is 8.42 Å². The van der Waals surface area contributed by atoms with Crippen molar-refractivity contribution in [3.63, 3.8) is 0 Å². The van der Waals surface area contributed by atoms with Gasteiger partial charge in [0.15, 0.2) is 0 Å². The molecule has 1 aromatic carbocycles. The summed E-state index contributed by atoms with van der Waals surface area (Å²) in [5.74, 6) is 0.576. The average Bonchev–Trinajstić information content (AvgIpc) is 3.11. The van der Waals surface area contributed by atoms with Crippen molar-refractivity contribution >= 4 is 27.5 Å². The molecule has 0 radical (unpaired) electrons. The number of rotatable bonds is 5. The summed E-state index contributed by atoms with van der Waals surface area (Å²) in [6.07, 6.45) is 1.94. The maximum absolute atomic E-state index is 13.2. The van der Waals surface area contributed by atoms with E-state index in [1.54, 1.807) is 37.7 Å². The van der Waals surface area contributed by atoms with Gasteiger partial charge in [0.1, 0.15) is 4.90 Å². The molecule has 0 aliphatic rings. The fourth-order valence-electron chi connectivity index (χ4n) is 2.79. The first kappa shape index (κ1) is 18.5. The maximum atomic E-state index is 13.2. The number of hydrogen-bond donors (Lipinski definition) is 1. The van der Waals surface area contributed by atoms with E-state index in [0.29, 0.717) is 22.8 Å². The van der Waals surface area contributed by atoms with Crippen LogP contribution < -0.4 is 4.72 Å².